The quantitative estimate of drug-likeness (QED) is 0.749. The number of carboxylic acid groups (broad SMARTS) is 1. The lowest BCUT2D eigenvalue weighted by molar-refractivity contribution is -0.141. The monoisotopic (exact) mass is 360 g/mol. The standard InChI is InChI=1S/C19H18F2N2O3/c20-13-7-8-15(14(21)10-13)22-16-3-1-2-4-17(16)23-18(24)11-5-6-12(9-11)19(25)26/h1-4,7-8,10-12,22H,5-6,9H2,(H,23,24)(H,25,26)/t11-,12+/m0/s1. The summed E-state index contributed by atoms with van der Waals surface area (Å²) in [6, 6.07) is 9.94. The second-order valence-electron chi connectivity index (χ2n) is 6.33. The summed E-state index contributed by atoms with van der Waals surface area (Å²) in [6.45, 7) is 0. The molecule has 0 heterocycles. The van der Waals surface area contributed by atoms with Crippen molar-refractivity contribution in [3.63, 3.8) is 0 Å². The molecule has 5 nitrogen and oxygen atoms in total. The van der Waals surface area contributed by atoms with Crippen LogP contribution in [0.1, 0.15) is 19.3 Å². The Morgan fingerprint density at radius 3 is 2.31 bits per heavy atom. The Balaban J connectivity index is 1.73. The summed E-state index contributed by atoms with van der Waals surface area (Å²) in [5.41, 5.74) is 0.985. The van der Waals surface area contributed by atoms with Crippen molar-refractivity contribution in [1.82, 2.24) is 0 Å². The number of carbonyl (C=O) groups excluding carboxylic acids is 1. The van der Waals surface area contributed by atoms with E-state index in [0.717, 1.165) is 12.1 Å². The van der Waals surface area contributed by atoms with Crippen LogP contribution in [0.2, 0.25) is 0 Å². The molecule has 3 N–H and O–H groups in total. The van der Waals surface area contributed by atoms with Crippen LogP contribution in [-0.4, -0.2) is 17.0 Å². The van der Waals surface area contributed by atoms with E-state index in [4.69, 9.17) is 5.11 Å². The Labute approximate surface area is 149 Å². The maximum Gasteiger partial charge on any atom is 0.306 e. The lowest BCUT2D eigenvalue weighted by atomic mass is 10.0. The van der Waals surface area contributed by atoms with Crippen LogP contribution in [0, 0.1) is 23.5 Å². The topological polar surface area (TPSA) is 78.4 Å². The highest BCUT2D eigenvalue weighted by atomic mass is 19.1. The highest BCUT2D eigenvalue weighted by Crippen LogP contribution is 2.33. The summed E-state index contributed by atoms with van der Waals surface area (Å²) in [7, 11) is 0. The molecule has 26 heavy (non-hydrogen) atoms. The largest absolute Gasteiger partial charge is 0.481 e. The highest BCUT2D eigenvalue weighted by Gasteiger charge is 2.34. The number of carbonyl (C=O) groups is 2. The fourth-order valence-corrected chi connectivity index (χ4v) is 3.12. The van der Waals surface area contributed by atoms with E-state index >= 15 is 0 Å². The van der Waals surface area contributed by atoms with E-state index in [0.29, 0.717) is 30.6 Å². The molecule has 1 aliphatic rings. The predicted octanol–water partition coefficient (Wildman–Crippen LogP) is 4.15. The fraction of sp³-hybridized carbons (Fsp3) is 0.263. The minimum Gasteiger partial charge on any atom is -0.481 e. The highest BCUT2D eigenvalue weighted by molar-refractivity contribution is 5.96. The second kappa shape index (κ2) is 7.51. The Hall–Kier alpha value is -2.96. The van der Waals surface area contributed by atoms with E-state index in [1.807, 2.05) is 0 Å². The molecule has 1 saturated carbocycles. The van der Waals surface area contributed by atoms with Crippen molar-refractivity contribution in [3.8, 4) is 0 Å². The van der Waals surface area contributed by atoms with E-state index in [2.05, 4.69) is 10.6 Å². The molecule has 0 aliphatic heterocycles. The number of aliphatic carboxylic acids is 1. The number of hydrogen-bond donors (Lipinski definition) is 3. The van der Waals surface area contributed by atoms with Gasteiger partial charge in [-0.2, -0.15) is 0 Å². The van der Waals surface area contributed by atoms with Crippen LogP contribution in [0.5, 0.6) is 0 Å². The number of carboxylic acids is 1. The van der Waals surface area contributed by atoms with Crippen molar-refractivity contribution in [2.45, 2.75) is 19.3 Å². The molecule has 0 bridgehead atoms. The second-order valence-corrected chi connectivity index (χ2v) is 6.33. The van der Waals surface area contributed by atoms with Crippen molar-refractivity contribution >= 4 is 28.9 Å². The van der Waals surface area contributed by atoms with Gasteiger partial charge in [0.25, 0.3) is 0 Å². The van der Waals surface area contributed by atoms with Crippen molar-refractivity contribution in [2.75, 3.05) is 10.6 Å². The number of hydrogen-bond acceptors (Lipinski definition) is 3. The molecular formula is C19H18F2N2O3. The average Bonchev–Trinajstić information content (AvgIpc) is 3.09. The van der Waals surface area contributed by atoms with Gasteiger partial charge < -0.3 is 15.7 Å². The normalized spacial score (nSPS) is 19.2. The van der Waals surface area contributed by atoms with E-state index < -0.39 is 23.5 Å². The third-order valence-corrected chi connectivity index (χ3v) is 4.54. The van der Waals surface area contributed by atoms with Crippen LogP contribution >= 0.6 is 0 Å². The van der Waals surface area contributed by atoms with Crippen molar-refractivity contribution in [3.05, 3.63) is 54.1 Å². The zero-order chi connectivity index (χ0) is 18.7. The smallest absolute Gasteiger partial charge is 0.306 e. The van der Waals surface area contributed by atoms with Gasteiger partial charge in [0.15, 0.2) is 0 Å². The van der Waals surface area contributed by atoms with Gasteiger partial charge in [0.1, 0.15) is 11.6 Å². The molecule has 2 aromatic carbocycles. The van der Waals surface area contributed by atoms with E-state index in [9.17, 15) is 18.4 Å². The van der Waals surface area contributed by atoms with Crippen LogP contribution in [0.3, 0.4) is 0 Å². The van der Waals surface area contributed by atoms with Crippen LogP contribution in [0.4, 0.5) is 25.8 Å². The molecule has 1 fully saturated rings. The zero-order valence-electron chi connectivity index (χ0n) is 13.8. The van der Waals surface area contributed by atoms with E-state index in [-0.39, 0.29) is 17.5 Å². The first-order valence-electron chi connectivity index (χ1n) is 8.29. The molecular weight excluding hydrogens is 342 g/mol. The molecule has 1 aliphatic carbocycles. The SMILES string of the molecule is O=C(O)[C@@H]1CC[C@H](C(=O)Nc2ccccc2Nc2ccc(F)cc2F)C1. The van der Waals surface area contributed by atoms with Crippen LogP contribution < -0.4 is 10.6 Å². The minimum atomic E-state index is -0.880. The first-order valence-corrected chi connectivity index (χ1v) is 8.29. The summed E-state index contributed by atoms with van der Waals surface area (Å²) >= 11 is 0. The van der Waals surface area contributed by atoms with Crippen LogP contribution in [0.15, 0.2) is 42.5 Å². The summed E-state index contributed by atoms with van der Waals surface area (Å²) in [6.07, 6.45) is 1.31. The summed E-state index contributed by atoms with van der Waals surface area (Å²) in [5, 5.41) is 14.7. The summed E-state index contributed by atoms with van der Waals surface area (Å²) in [5.74, 6) is -3.43. The van der Waals surface area contributed by atoms with Gasteiger partial charge >= 0.3 is 5.97 Å². The third-order valence-electron chi connectivity index (χ3n) is 4.54. The molecule has 3 rings (SSSR count). The number of anilines is 3. The van der Waals surface area contributed by atoms with Crippen LogP contribution in [-0.2, 0) is 9.59 Å². The Bertz CT molecular complexity index is 841. The molecule has 136 valence electrons. The van der Waals surface area contributed by atoms with Gasteiger partial charge in [-0.05, 0) is 43.5 Å². The average molecular weight is 360 g/mol. The van der Waals surface area contributed by atoms with E-state index in [1.165, 1.54) is 6.07 Å². The third kappa shape index (κ3) is 3.99. The first-order chi connectivity index (χ1) is 12.4. The Morgan fingerprint density at radius 2 is 1.65 bits per heavy atom. The number of amides is 1. The van der Waals surface area contributed by atoms with Gasteiger partial charge in [0.05, 0.1) is 23.0 Å². The van der Waals surface area contributed by atoms with E-state index in [1.54, 1.807) is 24.3 Å². The predicted molar refractivity (Wildman–Crippen MR) is 93.2 cm³/mol. The van der Waals surface area contributed by atoms with Gasteiger partial charge in [0.2, 0.25) is 5.91 Å². The number of nitrogens with one attached hydrogen (secondary N) is 2. The summed E-state index contributed by atoms with van der Waals surface area (Å²) in [4.78, 5) is 23.5. The fourth-order valence-electron chi connectivity index (χ4n) is 3.12. The molecule has 1 amide bonds. The minimum absolute atomic E-state index is 0.0832. The molecule has 7 heteroatoms. The van der Waals surface area contributed by atoms with Gasteiger partial charge in [-0.3, -0.25) is 9.59 Å². The molecule has 0 aromatic heterocycles. The molecule has 0 saturated heterocycles. The van der Waals surface area contributed by atoms with Gasteiger partial charge in [-0.1, -0.05) is 12.1 Å². The van der Waals surface area contributed by atoms with Crippen molar-refractivity contribution in [2.24, 2.45) is 11.8 Å². The lowest BCUT2D eigenvalue weighted by Gasteiger charge is -2.16. The van der Waals surface area contributed by atoms with Crippen LogP contribution in [0.25, 0.3) is 0 Å². The molecule has 2 atom stereocenters. The number of para-hydroxylation sites is 2. The maximum atomic E-state index is 13.8. The number of rotatable bonds is 5. The van der Waals surface area contributed by atoms with Crippen molar-refractivity contribution < 1.29 is 23.5 Å². The first kappa shape index (κ1) is 17.8. The molecule has 0 unspecified atom stereocenters. The molecule has 2 aromatic rings. The number of benzene rings is 2. The number of halogens is 2. The zero-order valence-corrected chi connectivity index (χ0v) is 13.8. The molecule has 0 spiro atoms. The Kier molecular flexibility index (Phi) is 5.16. The van der Waals surface area contributed by atoms with Crippen molar-refractivity contribution in [1.29, 1.82) is 0 Å². The molecule has 0 radical (unpaired) electrons. The summed E-state index contributed by atoms with van der Waals surface area (Å²) < 4.78 is 26.9. The Morgan fingerprint density at radius 1 is 0.962 bits per heavy atom. The maximum absolute atomic E-state index is 13.8. The van der Waals surface area contributed by atoms with Gasteiger partial charge in [-0.25, -0.2) is 8.78 Å². The van der Waals surface area contributed by atoms with Gasteiger partial charge in [0, 0.05) is 12.0 Å². The lowest BCUT2D eigenvalue weighted by Crippen LogP contribution is -2.22. The van der Waals surface area contributed by atoms with Gasteiger partial charge in [-0.15, -0.1) is 0 Å².